The van der Waals surface area contributed by atoms with Crippen LogP contribution in [0, 0.1) is 11.3 Å². The number of nitrogens with zero attached hydrogens (tertiary/aromatic N) is 4. The van der Waals surface area contributed by atoms with Crippen LogP contribution in [0.2, 0.25) is 5.02 Å². The van der Waals surface area contributed by atoms with E-state index >= 15 is 0 Å². The number of carbonyl (C=O) groups excluding carboxylic acids is 2. The summed E-state index contributed by atoms with van der Waals surface area (Å²) in [5, 5.41) is 14.9. The van der Waals surface area contributed by atoms with Crippen LogP contribution >= 0.6 is 11.6 Å². The van der Waals surface area contributed by atoms with E-state index in [1.165, 1.54) is 0 Å². The first kappa shape index (κ1) is 25.9. The van der Waals surface area contributed by atoms with Gasteiger partial charge in [0.1, 0.15) is 23.1 Å². The summed E-state index contributed by atoms with van der Waals surface area (Å²) in [4.78, 5) is 27.2. The Morgan fingerprint density at radius 2 is 1.84 bits per heavy atom. The van der Waals surface area contributed by atoms with Gasteiger partial charge in [-0.2, -0.15) is 10.4 Å². The van der Waals surface area contributed by atoms with Crippen LogP contribution in [0.3, 0.4) is 0 Å². The summed E-state index contributed by atoms with van der Waals surface area (Å²) in [6.45, 7) is 6.32. The van der Waals surface area contributed by atoms with Gasteiger partial charge in [-0.25, -0.2) is 4.68 Å². The Hall–Kier alpha value is -4.15. The first-order valence-electron chi connectivity index (χ1n) is 12.2. The smallest absolute Gasteiger partial charge is 0.271 e. The molecule has 1 aliphatic rings. The molecular weight excluding hydrogens is 488 g/mol. The molecular formula is C29H27ClN4O3. The maximum atomic E-state index is 13.4. The van der Waals surface area contributed by atoms with Gasteiger partial charge in [0.05, 0.1) is 17.3 Å². The highest BCUT2D eigenvalue weighted by Gasteiger charge is 2.35. The number of hydrogen-bond acceptors (Lipinski definition) is 5. The monoisotopic (exact) mass is 514 g/mol. The van der Waals surface area contributed by atoms with Crippen LogP contribution in [-0.4, -0.2) is 39.6 Å². The lowest BCUT2D eigenvalue weighted by atomic mass is 9.93. The zero-order valence-corrected chi connectivity index (χ0v) is 21.7. The van der Waals surface area contributed by atoms with E-state index in [1.807, 2.05) is 62.5 Å². The zero-order chi connectivity index (χ0) is 26.5. The van der Waals surface area contributed by atoms with E-state index in [1.54, 1.807) is 29.8 Å². The van der Waals surface area contributed by atoms with Crippen molar-refractivity contribution in [3.63, 3.8) is 0 Å². The Morgan fingerprint density at radius 1 is 1.08 bits per heavy atom. The standard InChI is InChI=1S/C29H27ClN4O3/c1-4-13-33-28(35)23(19(3)24(17-31)29(33)36)15-21-18-34(22-9-7-6-8-10-22)32-27(21)20-11-12-26(25(30)16-20)37-14-5-2/h6-12,15-16,18H,4-5,13-14H2,1-3H3/b23-15+. The van der Waals surface area contributed by atoms with Crippen LogP contribution in [0.25, 0.3) is 23.0 Å². The number of imide groups is 1. The van der Waals surface area contributed by atoms with Crippen molar-refractivity contribution in [1.29, 1.82) is 5.26 Å². The molecule has 8 heteroatoms. The second-order valence-electron chi connectivity index (χ2n) is 8.64. The van der Waals surface area contributed by atoms with Gasteiger partial charge in [0, 0.05) is 29.4 Å². The third-order valence-electron chi connectivity index (χ3n) is 6.00. The zero-order valence-electron chi connectivity index (χ0n) is 21.0. The summed E-state index contributed by atoms with van der Waals surface area (Å²) < 4.78 is 7.44. The molecule has 0 fully saturated rings. The Morgan fingerprint density at radius 3 is 2.49 bits per heavy atom. The van der Waals surface area contributed by atoms with Crippen LogP contribution in [0.15, 0.2) is 71.4 Å². The molecule has 3 aromatic rings. The van der Waals surface area contributed by atoms with E-state index < -0.39 is 11.8 Å². The average molecular weight is 515 g/mol. The van der Waals surface area contributed by atoms with Crippen LogP contribution in [-0.2, 0) is 9.59 Å². The number of carbonyl (C=O) groups is 2. The summed E-state index contributed by atoms with van der Waals surface area (Å²) >= 11 is 6.52. The number of halogens is 1. The van der Waals surface area contributed by atoms with Gasteiger partial charge in [0.2, 0.25) is 0 Å². The van der Waals surface area contributed by atoms with Gasteiger partial charge in [0.25, 0.3) is 11.8 Å². The molecule has 188 valence electrons. The lowest BCUT2D eigenvalue weighted by molar-refractivity contribution is -0.140. The molecule has 0 N–H and O–H groups in total. The lowest BCUT2D eigenvalue weighted by Gasteiger charge is -2.27. The molecule has 1 aromatic heterocycles. The number of benzene rings is 2. The van der Waals surface area contributed by atoms with Gasteiger partial charge in [-0.3, -0.25) is 14.5 Å². The van der Waals surface area contributed by atoms with Crippen LogP contribution in [0.1, 0.15) is 39.2 Å². The minimum Gasteiger partial charge on any atom is -0.492 e. The van der Waals surface area contributed by atoms with Crippen molar-refractivity contribution < 1.29 is 14.3 Å². The number of para-hydroxylation sites is 1. The van der Waals surface area contributed by atoms with Gasteiger partial charge in [0.15, 0.2) is 0 Å². The van der Waals surface area contributed by atoms with Crippen molar-refractivity contribution in [2.24, 2.45) is 0 Å². The van der Waals surface area contributed by atoms with Crippen LogP contribution in [0.5, 0.6) is 5.75 Å². The number of hydrogen-bond donors (Lipinski definition) is 0. The first-order chi connectivity index (χ1) is 17.9. The second kappa shape index (κ2) is 11.3. The van der Waals surface area contributed by atoms with Crippen molar-refractivity contribution >= 4 is 29.5 Å². The summed E-state index contributed by atoms with van der Waals surface area (Å²) in [5.41, 5.74) is 3.42. The van der Waals surface area contributed by atoms with Crippen LogP contribution in [0.4, 0.5) is 0 Å². The Bertz CT molecular complexity index is 1450. The largest absolute Gasteiger partial charge is 0.492 e. The Labute approximate surface area is 221 Å². The molecule has 1 aliphatic heterocycles. The molecule has 2 amide bonds. The van der Waals surface area contributed by atoms with E-state index in [-0.39, 0.29) is 17.7 Å². The maximum Gasteiger partial charge on any atom is 0.271 e. The fourth-order valence-corrected chi connectivity index (χ4v) is 4.35. The topological polar surface area (TPSA) is 88.2 Å². The van der Waals surface area contributed by atoms with Gasteiger partial charge in [-0.15, -0.1) is 0 Å². The molecule has 2 aromatic carbocycles. The summed E-state index contributed by atoms with van der Waals surface area (Å²) in [5.74, 6) is -0.398. The molecule has 0 unspecified atom stereocenters. The molecule has 4 rings (SSSR count). The van der Waals surface area contributed by atoms with Crippen molar-refractivity contribution in [2.75, 3.05) is 13.2 Å². The number of rotatable bonds is 8. The third kappa shape index (κ3) is 5.20. The molecule has 37 heavy (non-hydrogen) atoms. The quantitative estimate of drug-likeness (QED) is 0.272. The third-order valence-corrected chi connectivity index (χ3v) is 6.30. The van der Waals surface area contributed by atoms with E-state index in [2.05, 4.69) is 0 Å². The van der Waals surface area contributed by atoms with Crippen LogP contribution < -0.4 is 4.74 Å². The van der Waals surface area contributed by atoms with Crippen molar-refractivity contribution in [1.82, 2.24) is 14.7 Å². The second-order valence-corrected chi connectivity index (χ2v) is 9.05. The number of ether oxygens (including phenoxy) is 1. The molecule has 0 saturated heterocycles. The fraction of sp³-hybridized carbons (Fsp3) is 0.241. The highest BCUT2D eigenvalue weighted by atomic mass is 35.5. The van der Waals surface area contributed by atoms with Gasteiger partial charge < -0.3 is 4.74 Å². The highest BCUT2D eigenvalue weighted by Crippen LogP contribution is 2.34. The molecule has 7 nitrogen and oxygen atoms in total. The minimum atomic E-state index is -0.557. The van der Waals surface area contributed by atoms with E-state index in [9.17, 15) is 14.9 Å². The minimum absolute atomic E-state index is 0.0308. The molecule has 2 heterocycles. The molecule has 0 spiro atoms. The molecule has 0 saturated carbocycles. The highest BCUT2D eigenvalue weighted by molar-refractivity contribution is 6.32. The Kier molecular flexibility index (Phi) is 7.90. The lowest BCUT2D eigenvalue weighted by Crippen LogP contribution is -2.43. The van der Waals surface area contributed by atoms with Gasteiger partial charge in [-0.05, 0) is 61.7 Å². The Balaban J connectivity index is 1.89. The molecule has 0 radical (unpaired) electrons. The SMILES string of the molecule is CCCOc1ccc(-c2nn(-c3ccccc3)cc2/C=C2/C(=O)N(CCC)C(=O)C(C#N)=C2C)cc1Cl. The number of amides is 2. The molecule has 0 atom stereocenters. The number of nitriles is 1. The normalized spacial score (nSPS) is 14.9. The van der Waals surface area contributed by atoms with Crippen molar-refractivity contribution in [3.05, 3.63) is 82.0 Å². The summed E-state index contributed by atoms with van der Waals surface area (Å²) in [6.07, 6.45) is 4.96. The predicted octanol–water partition coefficient (Wildman–Crippen LogP) is 5.98. The van der Waals surface area contributed by atoms with Gasteiger partial charge >= 0.3 is 0 Å². The van der Waals surface area contributed by atoms with Crippen molar-refractivity contribution in [3.8, 4) is 28.8 Å². The molecule has 0 aliphatic carbocycles. The number of aromatic nitrogens is 2. The predicted molar refractivity (Wildman–Crippen MR) is 143 cm³/mol. The van der Waals surface area contributed by atoms with Crippen molar-refractivity contribution in [2.45, 2.75) is 33.6 Å². The fourth-order valence-electron chi connectivity index (χ4n) is 4.12. The van der Waals surface area contributed by atoms with Gasteiger partial charge in [-0.1, -0.05) is 43.6 Å². The van der Waals surface area contributed by atoms with E-state index in [0.29, 0.717) is 40.6 Å². The molecule has 0 bridgehead atoms. The maximum absolute atomic E-state index is 13.4. The van der Waals surface area contributed by atoms with E-state index in [0.717, 1.165) is 22.6 Å². The first-order valence-corrected chi connectivity index (χ1v) is 12.5. The summed E-state index contributed by atoms with van der Waals surface area (Å²) in [6, 6.07) is 17.0. The average Bonchev–Trinajstić information content (AvgIpc) is 3.33. The summed E-state index contributed by atoms with van der Waals surface area (Å²) in [7, 11) is 0. The van der Waals surface area contributed by atoms with E-state index in [4.69, 9.17) is 21.4 Å².